The third-order valence-electron chi connectivity index (χ3n) is 8.06. The van der Waals surface area contributed by atoms with Crippen molar-refractivity contribution in [2.75, 3.05) is 13.2 Å². The molecule has 0 aliphatic heterocycles. The Hall–Kier alpha value is -2.61. The van der Waals surface area contributed by atoms with Crippen molar-refractivity contribution in [2.45, 2.75) is 59.7 Å². The Balaban J connectivity index is 1.89. The summed E-state index contributed by atoms with van der Waals surface area (Å²) < 4.78 is 12.7. The quantitative estimate of drug-likeness (QED) is 0.255. The molecule has 4 heteroatoms. The zero-order valence-electron chi connectivity index (χ0n) is 21.0. The molecule has 0 bridgehead atoms. The van der Waals surface area contributed by atoms with Crippen molar-refractivity contribution in [2.24, 2.45) is 22.2 Å². The standard InChI is InChI=1S/C30H39NO3/c1-5-30(23-33-21-25-13-8-6-9-14-25,24-34-22-26-15-10-7-11-16-26)29(4)19-12-18-28(2,3)27(29)17-20-31-32/h5-11,13-16,27H,1,12,17-19,21-24H2,2-4H3/t27-,29-/m0/s1. The number of nitrogens with zero attached hydrogens (tertiary/aromatic N) is 1. The van der Waals surface area contributed by atoms with Crippen LogP contribution in [0.15, 0.2) is 73.3 Å². The minimum absolute atomic E-state index is 0.0395. The normalized spacial score (nSPS) is 21.9. The van der Waals surface area contributed by atoms with Crippen LogP contribution >= 0.6 is 0 Å². The molecule has 0 unspecified atom stereocenters. The lowest BCUT2D eigenvalue weighted by atomic mass is 9.47. The molecule has 0 N–H and O–H groups in total. The Morgan fingerprint density at radius 3 is 1.97 bits per heavy atom. The van der Waals surface area contributed by atoms with Gasteiger partial charge >= 0.3 is 0 Å². The lowest BCUT2D eigenvalue weighted by molar-refractivity contribution is -0.136. The van der Waals surface area contributed by atoms with Crippen molar-refractivity contribution in [3.63, 3.8) is 0 Å². The molecule has 2 aromatic carbocycles. The number of hydrogen-bond donors (Lipinski definition) is 0. The van der Waals surface area contributed by atoms with E-state index in [9.17, 15) is 5.21 Å². The van der Waals surface area contributed by atoms with Crippen molar-refractivity contribution >= 4 is 0 Å². The smallest absolute Gasteiger partial charge is 0.298 e. The highest BCUT2D eigenvalue weighted by atomic mass is 16.5. The van der Waals surface area contributed by atoms with E-state index in [0.717, 1.165) is 30.4 Å². The highest BCUT2D eigenvalue weighted by molar-refractivity contribution is 5.17. The van der Waals surface area contributed by atoms with E-state index in [-0.39, 0.29) is 16.7 Å². The third-order valence-corrected chi connectivity index (χ3v) is 8.06. The fourth-order valence-corrected chi connectivity index (χ4v) is 5.92. The van der Waals surface area contributed by atoms with Gasteiger partial charge in [-0.3, -0.25) is 0 Å². The van der Waals surface area contributed by atoms with Gasteiger partial charge in [0.25, 0.3) is 6.07 Å². The number of ether oxygens (including phenoxy) is 2. The molecule has 0 radical (unpaired) electrons. The molecule has 1 saturated carbocycles. The van der Waals surface area contributed by atoms with Crippen LogP contribution < -0.4 is 0 Å². The molecule has 0 heterocycles. The lowest BCUT2D eigenvalue weighted by Gasteiger charge is -2.58. The summed E-state index contributed by atoms with van der Waals surface area (Å²) in [6.45, 7) is 13.3. The van der Waals surface area contributed by atoms with Crippen LogP contribution in [0.2, 0.25) is 0 Å². The monoisotopic (exact) mass is 461 g/mol. The summed E-state index contributed by atoms with van der Waals surface area (Å²) in [5, 5.41) is 14.0. The Morgan fingerprint density at radius 1 is 0.971 bits per heavy atom. The second kappa shape index (κ2) is 11.7. The van der Waals surface area contributed by atoms with Gasteiger partial charge in [-0.1, -0.05) is 93.9 Å². The Morgan fingerprint density at radius 2 is 1.50 bits per heavy atom. The van der Waals surface area contributed by atoms with E-state index in [2.05, 4.69) is 62.7 Å². The molecule has 182 valence electrons. The van der Waals surface area contributed by atoms with Crippen LogP contribution in [-0.4, -0.2) is 13.2 Å². The average Bonchev–Trinajstić information content (AvgIpc) is 2.84. The van der Waals surface area contributed by atoms with E-state index < -0.39 is 5.41 Å². The molecule has 0 amide bonds. The molecule has 34 heavy (non-hydrogen) atoms. The van der Waals surface area contributed by atoms with Crippen LogP contribution in [0.4, 0.5) is 0 Å². The second-order valence-electron chi connectivity index (χ2n) is 10.6. The van der Waals surface area contributed by atoms with Crippen LogP contribution in [0.3, 0.4) is 0 Å². The zero-order valence-corrected chi connectivity index (χ0v) is 21.0. The Kier molecular flexibility index (Phi) is 8.94. The number of hydrogen-bond acceptors (Lipinski definition) is 3. The van der Waals surface area contributed by atoms with Gasteiger partial charge in [0.05, 0.1) is 32.8 Å². The molecule has 0 spiro atoms. The van der Waals surface area contributed by atoms with Crippen molar-refractivity contribution in [3.8, 4) is 6.07 Å². The average molecular weight is 462 g/mol. The minimum Gasteiger partial charge on any atom is -0.498 e. The summed E-state index contributed by atoms with van der Waals surface area (Å²) in [7, 11) is 0. The van der Waals surface area contributed by atoms with E-state index in [0.29, 0.717) is 32.8 Å². The van der Waals surface area contributed by atoms with E-state index in [1.807, 2.05) is 42.5 Å². The molecule has 1 fully saturated rings. The van der Waals surface area contributed by atoms with Crippen molar-refractivity contribution in [3.05, 3.63) is 94.7 Å². The molecule has 0 aromatic heterocycles. The first-order chi connectivity index (χ1) is 16.4. The highest BCUT2D eigenvalue weighted by Crippen LogP contribution is 2.60. The van der Waals surface area contributed by atoms with Gasteiger partial charge in [0.1, 0.15) is 0 Å². The van der Waals surface area contributed by atoms with Crippen LogP contribution in [0.1, 0.15) is 57.6 Å². The van der Waals surface area contributed by atoms with E-state index in [4.69, 9.17) is 9.47 Å². The number of rotatable bonds is 11. The van der Waals surface area contributed by atoms with Gasteiger partial charge in [-0.2, -0.15) is 0 Å². The van der Waals surface area contributed by atoms with Crippen LogP contribution in [0.5, 0.6) is 0 Å². The molecular weight excluding hydrogens is 422 g/mol. The predicted octanol–water partition coefficient (Wildman–Crippen LogP) is 7.65. The van der Waals surface area contributed by atoms with E-state index in [1.54, 1.807) is 0 Å². The zero-order chi connectivity index (χ0) is 24.5. The Bertz CT molecular complexity index is 915. The second-order valence-corrected chi connectivity index (χ2v) is 10.6. The van der Waals surface area contributed by atoms with E-state index >= 15 is 0 Å². The maximum absolute atomic E-state index is 11.0. The SMILES string of the molecule is C=CC(COCc1ccccc1)(COCc1ccccc1)[C@@]1(C)CCCC(C)(C)[C@@H]1CC#[N+][O-]. The first-order valence-corrected chi connectivity index (χ1v) is 12.3. The van der Waals surface area contributed by atoms with Gasteiger partial charge in [0.2, 0.25) is 0 Å². The predicted molar refractivity (Wildman–Crippen MR) is 139 cm³/mol. The van der Waals surface area contributed by atoms with Gasteiger partial charge in [0, 0.05) is 10.4 Å². The summed E-state index contributed by atoms with van der Waals surface area (Å²) in [5.74, 6) is 0.199. The summed E-state index contributed by atoms with van der Waals surface area (Å²) >= 11 is 0. The maximum atomic E-state index is 11.0. The highest BCUT2D eigenvalue weighted by Gasteiger charge is 2.57. The molecule has 1 aliphatic carbocycles. The lowest BCUT2D eigenvalue weighted by Crippen LogP contribution is -2.55. The summed E-state index contributed by atoms with van der Waals surface area (Å²) in [6.07, 6.45) is 5.81. The number of benzene rings is 2. The van der Waals surface area contributed by atoms with Crippen molar-refractivity contribution in [1.29, 1.82) is 0 Å². The van der Waals surface area contributed by atoms with Crippen molar-refractivity contribution in [1.82, 2.24) is 0 Å². The first kappa shape index (κ1) is 26.0. The summed E-state index contributed by atoms with van der Waals surface area (Å²) in [5.41, 5.74) is 1.70. The van der Waals surface area contributed by atoms with Crippen LogP contribution in [0, 0.1) is 33.4 Å². The summed E-state index contributed by atoms with van der Waals surface area (Å²) in [4.78, 5) is 0. The Labute approximate surface area is 205 Å². The fourth-order valence-electron chi connectivity index (χ4n) is 5.92. The van der Waals surface area contributed by atoms with Gasteiger partial charge in [-0.25, -0.2) is 0 Å². The molecule has 3 rings (SSSR count). The molecule has 0 saturated heterocycles. The van der Waals surface area contributed by atoms with Gasteiger partial charge in [0.15, 0.2) is 0 Å². The maximum Gasteiger partial charge on any atom is 0.298 e. The van der Waals surface area contributed by atoms with Gasteiger partial charge in [-0.15, -0.1) is 6.58 Å². The van der Waals surface area contributed by atoms with Gasteiger partial charge < -0.3 is 14.7 Å². The first-order valence-electron chi connectivity index (χ1n) is 12.3. The minimum atomic E-state index is -0.427. The van der Waals surface area contributed by atoms with E-state index in [1.165, 1.54) is 0 Å². The fraction of sp³-hybridized carbons (Fsp3) is 0.500. The van der Waals surface area contributed by atoms with Gasteiger partial charge in [-0.05, 0) is 40.7 Å². The molecule has 2 atom stereocenters. The molecule has 4 nitrogen and oxygen atoms in total. The third kappa shape index (κ3) is 5.90. The molecular formula is C30H39NO3. The molecule has 1 aliphatic rings. The largest absolute Gasteiger partial charge is 0.498 e. The summed E-state index contributed by atoms with van der Waals surface area (Å²) in [6, 6.07) is 23.2. The van der Waals surface area contributed by atoms with Crippen LogP contribution in [0.25, 0.3) is 5.01 Å². The topological polar surface area (TPSA) is 45.9 Å². The van der Waals surface area contributed by atoms with Crippen LogP contribution in [-0.2, 0) is 22.7 Å². The molecule has 2 aromatic rings. The van der Waals surface area contributed by atoms with Crippen molar-refractivity contribution < 1.29 is 9.47 Å².